The number of benzene rings is 2. The van der Waals surface area contributed by atoms with Gasteiger partial charge < -0.3 is 14.6 Å². The first kappa shape index (κ1) is 16.6. The van der Waals surface area contributed by atoms with Crippen molar-refractivity contribution >= 4 is 22.4 Å². The predicted molar refractivity (Wildman–Crippen MR) is 89.9 cm³/mol. The fourth-order valence-electron chi connectivity index (χ4n) is 2.47. The summed E-state index contributed by atoms with van der Waals surface area (Å²) in [5, 5.41) is 3.76. The molecule has 0 saturated carbocycles. The summed E-state index contributed by atoms with van der Waals surface area (Å²) in [4.78, 5) is 24.6. The van der Waals surface area contributed by atoms with Gasteiger partial charge in [-0.15, -0.1) is 0 Å². The Bertz CT molecular complexity index is 970. The topological polar surface area (TPSA) is 60.3 Å². The Balaban J connectivity index is 1.80. The molecular formula is C18H14F2N2O3. The first-order chi connectivity index (χ1) is 12.0. The van der Waals surface area contributed by atoms with Crippen LogP contribution >= 0.6 is 0 Å². The molecule has 0 atom stereocenters. The largest absolute Gasteiger partial charge is 0.433 e. The predicted octanol–water partition coefficient (Wildman–Crippen LogP) is 3.24. The van der Waals surface area contributed by atoms with Crippen molar-refractivity contribution in [2.24, 2.45) is 0 Å². The lowest BCUT2D eigenvalue weighted by atomic mass is 10.2. The molecule has 5 nitrogen and oxygen atoms in total. The molecule has 0 aliphatic heterocycles. The van der Waals surface area contributed by atoms with E-state index in [1.54, 1.807) is 30.3 Å². The van der Waals surface area contributed by atoms with E-state index < -0.39 is 12.5 Å². The van der Waals surface area contributed by atoms with E-state index in [9.17, 15) is 18.4 Å². The second-order valence-electron chi connectivity index (χ2n) is 5.26. The zero-order chi connectivity index (χ0) is 17.8. The van der Waals surface area contributed by atoms with Gasteiger partial charge in [0.15, 0.2) is 0 Å². The van der Waals surface area contributed by atoms with Gasteiger partial charge in [0.25, 0.3) is 5.56 Å². The van der Waals surface area contributed by atoms with Gasteiger partial charge in [-0.25, -0.2) is 0 Å². The Morgan fingerprint density at radius 3 is 2.60 bits per heavy atom. The Kier molecular flexibility index (Phi) is 4.74. The molecule has 1 amide bonds. The summed E-state index contributed by atoms with van der Waals surface area (Å²) >= 11 is 0. The van der Waals surface area contributed by atoms with Crippen molar-refractivity contribution in [1.82, 2.24) is 4.57 Å². The van der Waals surface area contributed by atoms with Crippen LogP contribution in [0.2, 0.25) is 0 Å². The highest BCUT2D eigenvalue weighted by atomic mass is 19.3. The van der Waals surface area contributed by atoms with Crippen molar-refractivity contribution in [2.75, 3.05) is 5.32 Å². The number of carbonyl (C=O) groups is 1. The second-order valence-corrected chi connectivity index (χ2v) is 5.26. The van der Waals surface area contributed by atoms with Gasteiger partial charge in [-0.2, -0.15) is 8.78 Å². The van der Waals surface area contributed by atoms with Crippen LogP contribution in [0.4, 0.5) is 14.5 Å². The SMILES string of the molecule is O=C(Cn1ccc2ccccc2c1=O)Nc1ccccc1OC(F)F. The van der Waals surface area contributed by atoms with Gasteiger partial charge in [0.2, 0.25) is 5.91 Å². The number of aromatic nitrogens is 1. The van der Waals surface area contributed by atoms with E-state index in [4.69, 9.17) is 0 Å². The normalized spacial score (nSPS) is 10.8. The Labute approximate surface area is 141 Å². The maximum atomic E-state index is 12.4. The van der Waals surface area contributed by atoms with Crippen LogP contribution in [-0.4, -0.2) is 17.1 Å². The first-order valence-electron chi connectivity index (χ1n) is 7.46. The molecule has 128 valence electrons. The van der Waals surface area contributed by atoms with Crippen molar-refractivity contribution in [3.8, 4) is 5.75 Å². The maximum absolute atomic E-state index is 12.4. The molecule has 0 fully saturated rings. The molecule has 3 aromatic rings. The van der Waals surface area contributed by atoms with E-state index >= 15 is 0 Å². The van der Waals surface area contributed by atoms with Crippen LogP contribution in [0, 0.1) is 0 Å². The molecule has 0 saturated heterocycles. The van der Waals surface area contributed by atoms with Crippen LogP contribution in [0.5, 0.6) is 5.75 Å². The van der Waals surface area contributed by atoms with E-state index in [1.807, 2.05) is 6.07 Å². The number of anilines is 1. The summed E-state index contributed by atoms with van der Waals surface area (Å²) in [6.45, 7) is -3.24. The number of hydrogen-bond acceptors (Lipinski definition) is 3. The molecule has 0 bridgehead atoms. The van der Waals surface area contributed by atoms with Crippen LogP contribution in [0.1, 0.15) is 0 Å². The quantitative estimate of drug-likeness (QED) is 0.773. The molecule has 0 aliphatic carbocycles. The lowest BCUT2D eigenvalue weighted by molar-refractivity contribution is -0.116. The number of amides is 1. The van der Waals surface area contributed by atoms with Crippen LogP contribution in [0.3, 0.4) is 0 Å². The fraction of sp³-hybridized carbons (Fsp3) is 0.111. The molecule has 0 radical (unpaired) electrons. The van der Waals surface area contributed by atoms with Crippen molar-refractivity contribution < 1.29 is 18.3 Å². The van der Waals surface area contributed by atoms with Gasteiger partial charge >= 0.3 is 6.61 Å². The molecule has 0 spiro atoms. The van der Waals surface area contributed by atoms with Gasteiger partial charge in [0, 0.05) is 11.6 Å². The summed E-state index contributed by atoms with van der Waals surface area (Å²) in [7, 11) is 0. The van der Waals surface area contributed by atoms with Crippen LogP contribution < -0.4 is 15.6 Å². The number of nitrogens with zero attached hydrogens (tertiary/aromatic N) is 1. The summed E-state index contributed by atoms with van der Waals surface area (Å²) in [5.41, 5.74) is -0.188. The molecule has 1 aromatic heterocycles. The van der Waals surface area contributed by atoms with Gasteiger partial charge in [-0.05, 0) is 29.7 Å². The smallest absolute Gasteiger partial charge is 0.387 e. The third-order valence-electron chi connectivity index (χ3n) is 3.58. The number of hydrogen-bond donors (Lipinski definition) is 1. The summed E-state index contributed by atoms with van der Waals surface area (Å²) in [6.07, 6.45) is 1.52. The molecular weight excluding hydrogens is 330 g/mol. The third-order valence-corrected chi connectivity index (χ3v) is 3.58. The standard InChI is InChI=1S/C18H14F2N2O3/c19-18(20)25-15-8-4-3-7-14(15)21-16(23)11-22-10-9-12-5-1-2-6-13(12)17(22)24/h1-10,18H,11H2,(H,21,23). The fourth-order valence-corrected chi connectivity index (χ4v) is 2.47. The van der Waals surface area contributed by atoms with Gasteiger partial charge in [-0.1, -0.05) is 30.3 Å². The molecule has 1 heterocycles. The number of para-hydroxylation sites is 2. The number of fused-ring (bicyclic) bond motifs is 1. The Hall–Kier alpha value is -3.22. The average Bonchev–Trinajstić information content (AvgIpc) is 2.59. The van der Waals surface area contributed by atoms with Gasteiger partial charge in [0.05, 0.1) is 5.69 Å². The first-order valence-corrected chi connectivity index (χ1v) is 7.46. The zero-order valence-corrected chi connectivity index (χ0v) is 13.0. The van der Waals surface area contributed by atoms with Crippen molar-refractivity contribution in [2.45, 2.75) is 13.2 Å². The highest BCUT2D eigenvalue weighted by molar-refractivity contribution is 5.92. The highest BCUT2D eigenvalue weighted by Gasteiger charge is 2.12. The van der Waals surface area contributed by atoms with E-state index in [0.717, 1.165) is 5.39 Å². The molecule has 2 aromatic carbocycles. The van der Waals surface area contributed by atoms with Gasteiger partial charge in [-0.3, -0.25) is 9.59 Å². The Morgan fingerprint density at radius 2 is 1.80 bits per heavy atom. The van der Waals surface area contributed by atoms with Crippen LogP contribution in [0.15, 0.2) is 65.6 Å². The molecule has 0 unspecified atom stereocenters. The number of pyridine rings is 1. The molecule has 7 heteroatoms. The lowest BCUT2D eigenvalue weighted by Gasteiger charge is -2.12. The number of nitrogens with one attached hydrogen (secondary N) is 1. The highest BCUT2D eigenvalue weighted by Crippen LogP contribution is 2.25. The van der Waals surface area contributed by atoms with E-state index in [-0.39, 0.29) is 23.5 Å². The monoisotopic (exact) mass is 344 g/mol. The Morgan fingerprint density at radius 1 is 1.08 bits per heavy atom. The third kappa shape index (κ3) is 3.82. The number of rotatable bonds is 5. The molecule has 1 N–H and O–H groups in total. The summed E-state index contributed by atoms with van der Waals surface area (Å²) in [6, 6.07) is 14.6. The number of alkyl halides is 2. The van der Waals surface area contributed by atoms with Crippen LogP contribution in [0.25, 0.3) is 10.8 Å². The van der Waals surface area contributed by atoms with E-state index in [1.165, 1.54) is 29.0 Å². The maximum Gasteiger partial charge on any atom is 0.387 e. The van der Waals surface area contributed by atoms with Crippen molar-refractivity contribution in [1.29, 1.82) is 0 Å². The molecule has 25 heavy (non-hydrogen) atoms. The van der Waals surface area contributed by atoms with Gasteiger partial charge in [0.1, 0.15) is 12.3 Å². The minimum atomic E-state index is -3.00. The molecule has 3 rings (SSSR count). The molecule has 0 aliphatic rings. The second kappa shape index (κ2) is 7.12. The lowest BCUT2D eigenvalue weighted by Crippen LogP contribution is -2.27. The summed E-state index contributed by atoms with van der Waals surface area (Å²) in [5.74, 6) is -0.667. The average molecular weight is 344 g/mol. The minimum absolute atomic E-state index is 0.113. The van der Waals surface area contributed by atoms with E-state index in [2.05, 4.69) is 10.1 Å². The van der Waals surface area contributed by atoms with Crippen molar-refractivity contribution in [3.05, 3.63) is 71.1 Å². The van der Waals surface area contributed by atoms with E-state index in [0.29, 0.717) is 5.39 Å². The summed E-state index contributed by atoms with van der Waals surface area (Å²) < 4.78 is 30.4. The zero-order valence-electron chi connectivity index (χ0n) is 13.0. The van der Waals surface area contributed by atoms with Crippen molar-refractivity contribution in [3.63, 3.8) is 0 Å². The number of halogens is 2. The number of ether oxygens (including phenoxy) is 1. The number of carbonyl (C=O) groups excluding carboxylic acids is 1. The van der Waals surface area contributed by atoms with Crippen LogP contribution in [-0.2, 0) is 11.3 Å². The minimum Gasteiger partial charge on any atom is -0.433 e.